The minimum absolute atomic E-state index is 0. The molecule has 0 bridgehead atoms. The summed E-state index contributed by atoms with van der Waals surface area (Å²) >= 11 is 0. The molecule has 0 fully saturated rings. The molecule has 0 aliphatic heterocycles. The third-order valence-electron chi connectivity index (χ3n) is 2.85. The molecule has 6 heteroatoms. The minimum atomic E-state index is -1.11. The van der Waals surface area contributed by atoms with E-state index in [0.29, 0.717) is 16.8 Å². The monoisotopic (exact) mass is 282 g/mol. The predicted octanol–water partition coefficient (Wildman–Crippen LogP) is -0.808. The van der Waals surface area contributed by atoms with Crippen LogP contribution in [0.5, 0.6) is 0 Å². The number of carboxylic acids is 1. The first-order chi connectivity index (χ1) is 8.99. The third-order valence-corrected chi connectivity index (χ3v) is 2.85. The molecule has 2 aromatic rings. The molecule has 0 aliphatic carbocycles. The maximum Gasteiger partial charge on any atom is 1.00 e. The third kappa shape index (κ3) is 3.56. The summed E-state index contributed by atoms with van der Waals surface area (Å²) in [5.74, 6) is -0.796. The number of fused-ring (bicyclic) bond motifs is 1. The zero-order valence-electron chi connectivity index (χ0n) is 12.7. The first kappa shape index (κ1) is 16.6. The number of rotatable bonds is 3. The van der Waals surface area contributed by atoms with Crippen molar-refractivity contribution in [3.05, 3.63) is 46.5 Å². The summed E-state index contributed by atoms with van der Waals surface area (Å²) in [4.78, 5) is 26.8. The Bertz CT molecular complexity index is 726. The quantitative estimate of drug-likeness (QED) is 0.590. The van der Waals surface area contributed by atoms with Crippen molar-refractivity contribution in [1.29, 1.82) is 0 Å². The molecule has 0 amide bonds. The Balaban J connectivity index is 0.00000200. The van der Waals surface area contributed by atoms with Gasteiger partial charge in [0.25, 0.3) is 5.56 Å². The summed E-state index contributed by atoms with van der Waals surface area (Å²) in [6.45, 7) is 4.08. The van der Waals surface area contributed by atoms with E-state index in [1.54, 1.807) is 12.1 Å². The van der Waals surface area contributed by atoms with E-state index in [4.69, 9.17) is 5.11 Å². The molecule has 20 heavy (non-hydrogen) atoms. The van der Waals surface area contributed by atoms with Crippen LogP contribution in [0.25, 0.3) is 17.1 Å². The van der Waals surface area contributed by atoms with Crippen molar-refractivity contribution in [3.63, 3.8) is 0 Å². The van der Waals surface area contributed by atoms with E-state index in [1.165, 1.54) is 17.1 Å². The van der Waals surface area contributed by atoms with Crippen LogP contribution < -0.4 is 35.1 Å². The van der Waals surface area contributed by atoms with E-state index in [-0.39, 0.29) is 36.5 Å². The van der Waals surface area contributed by atoms with E-state index in [1.807, 2.05) is 19.9 Å². The molecule has 5 nitrogen and oxygen atoms in total. The molecular weight excluding hydrogens is 267 g/mol. The van der Waals surface area contributed by atoms with Crippen LogP contribution >= 0.6 is 0 Å². The van der Waals surface area contributed by atoms with Gasteiger partial charge in [-0.1, -0.05) is 19.9 Å². The van der Waals surface area contributed by atoms with Crippen LogP contribution in [0, 0.1) is 0 Å². The van der Waals surface area contributed by atoms with Gasteiger partial charge < -0.3 is 6.53 Å². The molecule has 1 aromatic carbocycles. The second-order valence-electron chi connectivity index (χ2n) is 4.54. The number of carbonyl (C=O) groups is 1. The van der Waals surface area contributed by atoms with Gasteiger partial charge in [0.15, 0.2) is 0 Å². The summed E-state index contributed by atoms with van der Waals surface area (Å²) in [6.07, 6.45) is 3.42. The minimum Gasteiger partial charge on any atom is -1.00 e. The van der Waals surface area contributed by atoms with Gasteiger partial charge in [0.05, 0.1) is 10.9 Å². The van der Waals surface area contributed by atoms with Crippen LogP contribution in [-0.4, -0.2) is 20.6 Å². The van der Waals surface area contributed by atoms with Crippen molar-refractivity contribution < 1.29 is 40.9 Å². The van der Waals surface area contributed by atoms with Gasteiger partial charge in [0.2, 0.25) is 0 Å². The fourth-order valence-corrected chi connectivity index (χ4v) is 1.76. The molecule has 1 N–H and O–H groups in total. The van der Waals surface area contributed by atoms with Crippen molar-refractivity contribution in [3.8, 4) is 0 Å². The molecular formula is C14H15N2NaO3. The Labute approximate surface area is 139 Å². The van der Waals surface area contributed by atoms with Gasteiger partial charge in [-0.3, -0.25) is 9.36 Å². The van der Waals surface area contributed by atoms with Gasteiger partial charge in [0.1, 0.15) is 6.33 Å². The SMILES string of the molecule is CC(C)c1ccc2ncn(/C=C/C(=O)O)c(=O)c2c1.[H-].[Na+]. The van der Waals surface area contributed by atoms with Gasteiger partial charge in [-0.15, -0.1) is 0 Å². The van der Waals surface area contributed by atoms with E-state index in [0.717, 1.165) is 11.6 Å². The summed E-state index contributed by atoms with van der Waals surface area (Å²) in [7, 11) is 0. The topological polar surface area (TPSA) is 72.2 Å². The zero-order chi connectivity index (χ0) is 14.0. The fourth-order valence-electron chi connectivity index (χ4n) is 1.76. The largest absolute Gasteiger partial charge is 1.00 e. The number of carboxylic acid groups (broad SMARTS) is 1. The number of hydrogen-bond donors (Lipinski definition) is 1. The van der Waals surface area contributed by atoms with E-state index < -0.39 is 5.97 Å². The first-order valence-electron chi connectivity index (χ1n) is 5.91. The number of hydrogen-bond acceptors (Lipinski definition) is 3. The Morgan fingerprint density at radius 1 is 1.45 bits per heavy atom. The van der Waals surface area contributed by atoms with Gasteiger partial charge in [0, 0.05) is 12.3 Å². The molecule has 2 rings (SSSR count). The summed E-state index contributed by atoms with van der Waals surface area (Å²) < 4.78 is 1.17. The normalized spacial score (nSPS) is 10.9. The van der Waals surface area contributed by atoms with Crippen molar-refractivity contribution in [1.82, 2.24) is 9.55 Å². The van der Waals surface area contributed by atoms with Crippen LogP contribution in [-0.2, 0) is 4.79 Å². The molecule has 1 heterocycles. The Kier molecular flexibility index (Phi) is 5.68. The Morgan fingerprint density at radius 3 is 2.75 bits per heavy atom. The van der Waals surface area contributed by atoms with E-state index >= 15 is 0 Å². The summed E-state index contributed by atoms with van der Waals surface area (Å²) in [5, 5.41) is 9.06. The average Bonchev–Trinajstić information content (AvgIpc) is 2.37. The molecule has 0 spiro atoms. The molecule has 0 unspecified atom stereocenters. The molecule has 1 aromatic heterocycles. The van der Waals surface area contributed by atoms with E-state index in [2.05, 4.69) is 4.98 Å². The fraction of sp³-hybridized carbons (Fsp3) is 0.214. The standard InChI is InChI=1S/C14H14N2O3.Na.H/c1-9(2)10-3-4-12-11(7-10)14(19)16(8-15-12)6-5-13(17)18;;/h3-9H,1-2H3,(H,17,18);;/q;+1;-1/b6-5+;;. The van der Waals surface area contributed by atoms with Gasteiger partial charge in [-0.05, 0) is 23.6 Å². The Hall–Kier alpha value is -1.43. The van der Waals surface area contributed by atoms with Crippen molar-refractivity contribution in [2.75, 3.05) is 0 Å². The van der Waals surface area contributed by atoms with Crippen LogP contribution in [0.15, 0.2) is 35.4 Å². The van der Waals surface area contributed by atoms with Crippen molar-refractivity contribution >= 4 is 23.1 Å². The molecule has 0 aliphatic rings. The summed E-state index contributed by atoms with van der Waals surface area (Å²) in [6, 6.07) is 5.55. The summed E-state index contributed by atoms with van der Waals surface area (Å²) in [5.41, 5.74) is 1.38. The van der Waals surface area contributed by atoms with Crippen LogP contribution in [0.1, 0.15) is 26.8 Å². The van der Waals surface area contributed by atoms with Gasteiger partial charge >= 0.3 is 35.5 Å². The van der Waals surface area contributed by atoms with Crippen LogP contribution in [0.4, 0.5) is 0 Å². The Morgan fingerprint density at radius 2 is 2.15 bits per heavy atom. The molecule has 0 radical (unpaired) electrons. The maximum absolute atomic E-state index is 12.2. The van der Waals surface area contributed by atoms with Crippen LogP contribution in [0.3, 0.4) is 0 Å². The van der Waals surface area contributed by atoms with Crippen molar-refractivity contribution in [2.45, 2.75) is 19.8 Å². The molecule has 0 saturated carbocycles. The van der Waals surface area contributed by atoms with Crippen LogP contribution in [0.2, 0.25) is 0 Å². The number of nitrogens with zero attached hydrogens (tertiary/aromatic N) is 2. The molecule has 0 saturated heterocycles. The second kappa shape index (κ2) is 6.83. The number of benzene rings is 1. The van der Waals surface area contributed by atoms with Crippen molar-refractivity contribution in [2.24, 2.45) is 0 Å². The number of aromatic nitrogens is 2. The number of aliphatic carboxylic acids is 1. The predicted molar refractivity (Wildman–Crippen MR) is 74.2 cm³/mol. The van der Waals surface area contributed by atoms with Gasteiger partial charge in [-0.25, -0.2) is 9.78 Å². The van der Waals surface area contributed by atoms with Gasteiger partial charge in [-0.2, -0.15) is 0 Å². The zero-order valence-corrected chi connectivity index (χ0v) is 13.7. The smallest absolute Gasteiger partial charge is 1.00 e. The first-order valence-corrected chi connectivity index (χ1v) is 5.91. The molecule has 100 valence electrons. The second-order valence-corrected chi connectivity index (χ2v) is 4.54. The van der Waals surface area contributed by atoms with E-state index in [9.17, 15) is 9.59 Å². The molecule has 0 atom stereocenters. The average molecular weight is 282 g/mol. The maximum atomic E-state index is 12.2.